The summed E-state index contributed by atoms with van der Waals surface area (Å²) in [5.41, 5.74) is 4.31. The third kappa shape index (κ3) is 4.45. The molecule has 21 heavy (non-hydrogen) atoms. The molecule has 1 atom stereocenters. The van der Waals surface area contributed by atoms with Crippen LogP contribution < -0.4 is 10.2 Å². The van der Waals surface area contributed by atoms with Gasteiger partial charge in [-0.25, -0.2) is 0 Å². The van der Waals surface area contributed by atoms with Crippen LogP contribution in [0.25, 0.3) is 0 Å². The van der Waals surface area contributed by atoms with Crippen LogP contribution in [0.1, 0.15) is 50.8 Å². The molecule has 1 aromatic carbocycles. The monoisotopic (exact) mass is 290 g/mol. The summed E-state index contributed by atoms with van der Waals surface area (Å²) in [5.74, 6) is 0. The first-order valence-corrected chi connectivity index (χ1v) is 8.45. The Morgan fingerprint density at radius 2 is 2.14 bits per heavy atom. The Hall–Kier alpha value is -1.06. The molecule has 1 N–H and O–H groups in total. The maximum absolute atomic E-state index is 5.64. The second-order valence-corrected chi connectivity index (χ2v) is 5.87. The lowest BCUT2D eigenvalue weighted by atomic mass is 9.97. The van der Waals surface area contributed by atoms with Crippen molar-refractivity contribution in [2.24, 2.45) is 0 Å². The number of rotatable bonds is 8. The molecule has 118 valence electrons. The fourth-order valence-electron chi connectivity index (χ4n) is 3.04. The van der Waals surface area contributed by atoms with Crippen LogP contribution in [0.3, 0.4) is 0 Å². The van der Waals surface area contributed by atoms with Gasteiger partial charge in [-0.1, -0.05) is 26.0 Å². The molecule has 0 fully saturated rings. The van der Waals surface area contributed by atoms with E-state index in [2.05, 4.69) is 49.2 Å². The van der Waals surface area contributed by atoms with Crippen LogP contribution in [0.15, 0.2) is 18.2 Å². The summed E-state index contributed by atoms with van der Waals surface area (Å²) in [4.78, 5) is 2.48. The van der Waals surface area contributed by atoms with Crippen LogP contribution in [0.2, 0.25) is 0 Å². The van der Waals surface area contributed by atoms with Gasteiger partial charge in [0.15, 0.2) is 0 Å². The van der Waals surface area contributed by atoms with Gasteiger partial charge in [-0.2, -0.15) is 0 Å². The molecular weight excluding hydrogens is 260 g/mol. The Kier molecular flexibility index (Phi) is 6.52. The Labute approximate surface area is 129 Å². The van der Waals surface area contributed by atoms with Gasteiger partial charge in [-0.3, -0.25) is 0 Å². The van der Waals surface area contributed by atoms with Crippen molar-refractivity contribution in [3.05, 3.63) is 29.3 Å². The summed E-state index contributed by atoms with van der Waals surface area (Å²) in [5, 5.41) is 3.49. The Balaban J connectivity index is 2.02. The minimum Gasteiger partial charge on any atom is -0.380 e. The van der Waals surface area contributed by atoms with Gasteiger partial charge in [-0.15, -0.1) is 0 Å². The third-order valence-electron chi connectivity index (χ3n) is 4.18. The molecule has 1 unspecified atom stereocenters. The van der Waals surface area contributed by atoms with E-state index in [0.717, 1.165) is 39.3 Å². The fraction of sp³-hybridized carbons (Fsp3) is 0.667. The Morgan fingerprint density at radius 1 is 1.29 bits per heavy atom. The van der Waals surface area contributed by atoms with E-state index in [1.165, 1.54) is 29.7 Å². The van der Waals surface area contributed by atoms with E-state index in [-0.39, 0.29) is 0 Å². The van der Waals surface area contributed by atoms with Crippen molar-refractivity contribution in [3.63, 3.8) is 0 Å². The molecule has 3 nitrogen and oxygen atoms in total. The number of nitrogens with zero attached hydrogens (tertiary/aromatic N) is 1. The maximum atomic E-state index is 5.64. The number of fused-ring (bicyclic) bond motifs is 1. The molecule has 3 heteroatoms. The largest absolute Gasteiger partial charge is 0.380 e. The van der Waals surface area contributed by atoms with Gasteiger partial charge < -0.3 is 15.0 Å². The molecule has 0 bridgehead atoms. The quantitative estimate of drug-likeness (QED) is 0.741. The maximum Gasteiger partial charge on any atom is 0.0641 e. The fourth-order valence-corrected chi connectivity index (χ4v) is 3.04. The molecule has 0 aliphatic carbocycles. The van der Waals surface area contributed by atoms with Crippen LogP contribution in [0.5, 0.6) is 0 Å². The third-order valence-corrected chi connectivity index (χ3v) is 4.18. The second kappa shape index (κ2) is 8.40. The Bertz CT molecular complexity index is 433. The highest BCUT2D eigenvalue weighted by atomic mass is 16.5. The van der Waals surface area contributed by atoms with Crippen LogP contribution in [0, 0.1) is 0 Å². The molecular formula is C18H30N2O. The normalized spacial score (nSPS) is 15.9. The lowest BCUT2D eigenvalue weighted by Gasteiger charge is -2.32. The number of aryl methyl sites for hydroxylation is 1. The van der Waals surface area contributed by atoms with Crippen LogP contribution in [0.4, 0.5) is 5.69 Å². The predicted octanol–water partition coefficient (Wildman–Crippen LogP) is 3.54. The average molecular weight is 290 g/mol. The molecule has 1 aliphatic heterocycles. The first kappa shape index (κ1) is 16.3. The average Bonchev–Trinajstić information content (AvgIpc) is 2.51. The van der Waals surface area contributed by atoms with Crippen molar-refractivity contribution >= 4 is 5.69 Å². The number of hydrogen-bond donors (Lipinski definition) is 1. The van der Waals surface area contributed by atoms with E-state index in [9.17, 15) is 0 Å². The van der Waals surface area contributed by atoms with Gasteiger partial charge in [0.2, 0.25) is 0 Å². The SMILES string of the molecule is CCCOCCN1CCCc2cc(C(C)NCC)ccc21. The summed E-state index contributed by atoms with van der Waals surface area (Å²) in [6, 6.07) is 7.40. The molecule has 1 aliphatic rings. The summed E-state index contributed by atoms with van der Waals surface area (Å²) in [7, 11) is 0. The van der Waals surface area contributed by atoms with Crippen molar-refractivity contribution < 1.29 is 4.74 Å². The molecule has 1 aromatic rings. The van der Waals surface area contributed by atoms with Crippen LogP contribution >= 0.6 is 0 Å². The molecule has 2 rings (SSSR count). The minimum atomic E-state index is 0.434. The number of anilines is 1. The first-order valence-electron chi connectivity index (χ1n) is 8.45. The molecule has 0 saturated carbocycles. The molecule has 0 radical (unpaired) electrons. The second-order valence-electron chi connectivity index (χ2n) is 5.87. The molecule has 1 heterocycles. The van der Waals surface area contributed by atoms with Gasteiger partial charge in [-0.05, 0) is 49.9 Å². The number of hydrogen-bond acceptors (Lipinski definition) is 3. The highest BCUT2D eigenvalue weighted by Crippen LogP contribution is 2.29. The highest BCUT2D eigenvalue weighted by molar-refractivity contribution is 5.57. The zero-order valence-electron chi connectivity index (χ0n) is 13.8. The van der Waals surface area contributed by atoms with Crippen molar-refractivity contribution in [1.29, 1.82) is 0 Å². The van der Waals surface area contributed by atoms with E-state index in [1.807, 2.05) is 0 Å². The smallest absolute Gasteiger partial charge is 0.0641 e. The van der Waals surface area contributed by atoms with Crippen molar-refractivity contribution in [3.8, 4) is 0 Å². The lowest BCUT2D eigenvalue weighted by Crippen LogP contribution is -2.32. The van der Waals surface area contributed by atoms with Crippen molar-refractivity contribution in [2.45, 2.75) is 46.1 Å². The van der Waals surface area contributed by atoms with Crippen LogP contribution in [-0.4, -0.2) is 32.8 Å². The number of benzene rings is 1. The topological polar surface area (TPSA) is 24.5 Å². The Morgan fingerprint density at radius 3 is 2.90 bits per heavy atom. The van der Waals surface area contributed by atoms with Gasteiger partial charge in [0, 0.05) is 31.4 Å². The van der Waals surface area contributed by atoms with Gasteiger partial charge >= 0.3 is 0 Å². The van der Waals surface area contributed by atoms with Crippen molar-refractivity contribution in [2.75, 3.05) is 37.7 Å². The van der Waals surface area contributed by atoms with E-state index in [0.29, 0.717) is 6.04 Å². The number of nitrogens with one attached hydrogen (secondary N) is 1. The lowest BCUT2D eigenvalue weighted by molar-refractivity contribution is 0.140. The van der Waals surface area contributed by atoms with Gasteiger partial charge in [0.05, 0.1) is 6.61 Å². The minimum absolute atomic E-state index is 0.434. The number of ether oxygens (including phenoxy) is 1. The summed E-state index contributed by atoms with van der Waals surface area (Å²) >= 11 is 0. The molecule has 0 amide bonds. The summed E-state index contributed by atoms with van der Waals surface area (Å²) < 4.78 is 5.64. The molecule has 0 spiro atoms. The van der Waals surface area contributed by atoms with Gasteiger partial charge in [0.1, 0.15) is 0 Å². The molecule has 0 saturated heterocycles. The van der Waals surface area contributed by atoms with Crippen molar-refractivity contribution in [1.82, 2.24) is 5.32 Å². The summed E-state index contributed by atoms with van der Waals surface area (Å²) in [6.45, 7) is 11.4. The predicted molar refractivity (Wildman–Crippen MR) is 90.2 cm³/mol. The van der Waals surface area contributed by atoms with E-state index in [1.54, 1.807) is 0 Å². The first-order chi connectivity index (χ1) is 10.3. The standard InChI is InChI=1S/C18H30N2O/c1-4-12-21-13-11-20-10-6-7-17-14-16(8-9-18(17)20)15(3)19-5-2/h8-9,14-15,19H,4-7,10-13H2,1-3H3. The van der Waals surface area contributed by atoms with Gasteiger partial charge in [0.25, 0.3) is 0 Å². The summed E-state index contributed by atoms with van der Waals surface area (Å²) in [6.07, 6.45) is 3.55. The zero-order valence-corrected chi connectivity index (χ0v) is 13.8. The van der Waals surface area contributed by atoms with Crippen LogP contribution in [-0.2, 0) is 11.2 Å². The van der Waals surface area contributed by atoms with E-state index < -0.39 is 0 Å². The van der Waals surface area contributed by atoms with E-state index in [4.69, 9.17) is 4.74 Å². The molecule has 0 aromatic heterocycles. The highest BCUT2D eigenvalue weighted by Gasteiger charge is 2.17. The zero-order chi connectivity index (χ0) is 15.1. The van der Waals surface area contributed by atoms with E-state index >= 15 is 0 Å².